The molecule has 0 unspecified atom stereocenters. The molecule has 0 fully saturated rings. The minimum atomic E-state index is -0.647. The lowest BCUT2D eigenvalue weighted by atomic mass is 9.98. The topological polar surface area (TPSA) is 122 Å². The van der Waals surface area contributed by atoms with Gasteiger partial charge in [-0.2, -0.15) is 4.98 Å². The summed E-state index contributed by atoms with van der Waals surface area (Å²) >= 11 is 0. The van der Waals surface area contributed by atoms with Crippen LogP contribution in [0.4, 0.5) is 23.1 Å². The Labute approximate surface area is 183 Å². The average molecular weight is 424 g/mol. The van der Waals surface area contributed by atoms with Crippen molar-refractivity contribution in [2.24, 2.45) is 5.73 Å². The number of aromatic nitrogens is 2. The van der Waals surface area contributed by atoms with Crippen molar-refractivity contribution in [3.8, 4) is 0 Å². The Morgan fingerprint density at radius 3 is 2.62 bits per heavy atom. The Bertz CT molecular complexity index is 1360. The molecule has 0 atom stereocenters. The first-order chi connectivity index (χ1) is 15.6. The molecule has 1 aliphatic heterocycles. The highest BCUT2D eigenvalue weighted by Crippen LogP contribution is 2.29. The zero-order chi connectivity index (χ0) is 22.1. The van der Waals surface area contributed by atoms with Crippen LogP contribution in [0.15, 0.2) is 66.9 Å². The first-order valence-electron chi connectivity index (χ1n) is 10.2. The van der Waals surface area contributed by atoms with E-state index >= 15 is 0 Å². The monoisotopic (exact) mass is 424 g/mol. The van der Waals surface area contributed by atoms with Crippen LogP contribution < -0.4 is 21.7 Å². The molecule has 158 valence electrons. The summed E-state index contributed by atoms with van der Waals surface area (Å²) in [7, 11) is 0. The van der Waals surface area contributed by atoms with Crippen LogP contribution in [0.1, 0.15) is 26.3 Å². The number of amides is 2. The zero-order valence-corrected chi connectivity index (χ0v) is 17.1. The molecule has 8 nitrogen and oxygen atoms in total. The summed E-state index contributed by atoms with van der Waals surface area (Å²) in [4.78, 5) is 33.0. The molecular formula is C24H20N6O2. The van der Waals surface area contributed by atoms with Crippen LogP contribution in [0.5, 0.6) is 0 Å². The smallest absolute Gasteiger partial charge is 0.254 e. The van der Waals surface area contributed by atoms with Crippen LogP contribution in [0, 0.1) is 0 Å². The van der Waals surface area contributed by atoms with E-state index in [2.05, 4.69) is 25.9 Å². The number of primary amides is 1. The highest BCUT2D eigenvalue weighted by Gasteiger charge is 2.21. The molecule has 0 bridgehead atoms. The van der Waals surface area contributed by atoms with Crippen molar-refractivity contribution >= 4 is 45.7 Å². The van der Waals surface area contributed by atoms with Gasteiger partial charge in [0.2, 0.25) is 5.95 Å². The van der Waals surface area contributed by atoms with Gasteiger partial charge in [-0.1, -0.05) is 42.5 Å². The molecular weight excluding hydrogens is 404 g/mol. The molecule has 0 saturated heterocycles. The second-order valence-electron chi connectivity index (χ2n) is 7.43. The Balaban J connectivity index is 1.53. The van der Waals surface area contributed by atoms with Crippen LogP contribution in [0.2, 0.25) is 0 Å². The van der Waals surface area contributed by atoms with Crippen molar-refractivity contribution in [3.05, 3.63) is 83.6 Å². The summed E-state index contributed by atoms with van der Waals surface area (Å²) in [6.07, 6.45) is 2.07. The van der Waals surface area contributed by atoms with Gasteiger partial charge >= 0.3 is 0 Å². The largest absolute Gasteiger partial charge is 0.365 e. The van der Waals surface area contributed by atoms with E-state index in [4.69, 9.17) is 5.73 Å². The summed E-state index contributed by atoms with van der Waals surface area (Å²) in [6.45, 7) is 0.546. The molecule has 5 N–H and O–H groups in total. The fraction of sp³-hybridized carbons (Fsp3) is 0.0833. The van der Waals surface area contributed by atoms with Crippen LogP contribution in [0.25, 0.3) is 10.8 Å². The van der Waals surface area contributed by atoms with Crippen LogP contribution in [-0.2, 0) is 6.42 Å². The third-order valence-corrected chi connectivity index (χ3v) is 5.42. The van der Waals surface area contributed by atoms with Gasteiger partial charge in [-0.05, 0) is 35.6 Å². The molecule has 0 saturated carbocycles. The van der Waals surface area contributed by atoms with Gasteiger partial charge in [0.15, 0.2) is 0 Å². The minimum Gasteiger partial charge on any atom is -0.365 e. The van der Waals surface area contributed by atoms with E-state index in [1.165, 1.54) is 6.20 Å². The summed E-state index contributed by atoms with van der Waals surface area (Å²) in [5, 5.41) is 11.4. The van der Waals surface area contributed by atoms with E-state index in [-0.39, 0.29) is 17.3 Å². The number of fused-ring (bicyclic) bond motifs is 2. The Morgan fingerprint density at radius 1 is 0.969 bits per heavy atom. The van der Waals surface area contributed by atoms with Crippen molar-refractivity contribution in [1.82, 2.24) is 15.3 Å². The molecule has 2 amide bonds. The van der Waals surface area contributed by atoms with Crippen molar-refractivity contribution < 1.29 is 9.59 Å². The normalized spacial score (nSPS) is 12.7. The number of carbonyl (C=O) groups excluding carboxylic acids is 2. The van der Waals surface area contributed by atoms with Gasteiger partial charge in [0.1, 0.15) is 11.4 Å². The molecule has 0 aliphatic carbocycles. The van der Waals surface area contributed by atoms with E-state index in [1.54, 1.807) is 12.1 Å². The number of benzene rings is 3. The number of anilines is 4. The third kappa shape index (κ3) is 3.58. The van der Waals surface area contributed by atoms with Crippen molar-refractivity contribution in [2.75, 3.05) is 17.2 Å². The number of hydrogen-bond acceptors (Lipinski definition) is 6. The Kier molecular flexibility index (Phi) is 4.87. The Hall–Kier alpha value is -4.46. The number of hydrogen-bond donors (Lipinski definition) is 4. The van der Waals surface area contributed by atoms with Crippen molar-refractivity contribution in [1.29, 1.82) is 0 Å². The van der Waals surface area contributed by atoms with E-state index in [0.717, 1.165) is 22.0 Å². The summed E-state index contributed by atoms with van der Waals surface area (Å²) in [6, 6.07) is 19.3. The second kappa shape index (κ2) is 7.99. The Morgan fingerprint density at radius 2 is 1.75 bits per heavy atom. The lowest BCUT2D eigenvalue weighted by Gasteiger charge is -2.20. The van der Waals surface area contributed by atoms with Gasteiger partial charge in [0.25, 0.3) is 11.8 Å². The predicted molar refractivity (Wildman–Crippen MR) is 124 cm³/mol. The predicted octanol–water partition coefficient (Wildman–Crippen LogP) is 3.50. The molecule has 0 spiro atoms. The highest BCUT2D eigenvalue weighted by molar-refractivity contribution is 6.00. The van der Waals surface area contributed by atoms with E-state index in [1.807, 2.05) is 48.5 Å². The molecule has 1 aliphatic rings. The molecule has 2 heterocycles. The first-order valence-corrected chi connectivity index (χ1v) is 10.2. The number of rotatable bonds is 5. The van der Waals surface area contributed by atoms with Gasteiger partial charge in [-0.25, -0.2) is 4.98 Å². The number of carbonyl (C=O) groups is 2. The maximum absolute atomic E-state index is 12.2. The third-order valence-electron chi connectivity index (χ3n) is 5.42. The fourth-order valence-corrected chi connectivity index (χ4v) is 3.88. The lowest BCUT2D eigenvalue weighted by Crippen LogP contribution is -2.32. The van der Waals surface area contributed by atoms with Crippen LogP contribution in [-0.4, -0.2) is 28.3 Å². The zero-order valence-electron chi connectivity index (χ0n) is 17.1. The standard InChI is InChI=1S/C24H20N6O2/c25-21(31)18-13-27-24(29-19-9-3-6-14-5-1-2-7-15(14)19)30-22(18)28-20-10-4-8-17-16(20)11-12-26-23(17)32/h1-10,13H,11-12H2,(H2,25,31)(H,26,32)(H2,27,28,29,30). The molecule has 8 heteroatoms. The minimum absolute atomic E-state index is 0.119. The number of nitrogens with zero attached hydrogens (tertiary/aromatic N) is 2. The van der Waals surface area contributed by atoms with Gasteiger partial charge in [-0.3, -0.25) is 9.59 Å². The summed E-state index contributed by atoms with van der Waals surface area (Å²) in [5.74, 6) is -0.177. The lowest BCUT2D eigenvalue weighted by molar-refractivity contribution is 0.0944. The van der Waals surface area contributed by atoms with Crippen molar-refractivity contribution in [2.45, 2.75) is 6.42 Å². The fourth-order valence-electron chi connectivity index (χ4n) is 3.88. The first kappa shape index (κ1) is 19.5. The molecule has 3 aromatic carbocycles. The van der Waals surface area contributed by atoms with Gasteiger partial charge < -0.3 is 21.7 Å². The van der Waals surface area contributed by atoms with E-state index in [9.17, 15) is 9.59 Å². The van der Waals surface area contributed by atoms with Gasteiger partial charge in [0, 0.05) is 35.1 Å². The molecule has 32 heavy (non-hydrogen) atoms. The van der Waals surface area contributed by atoms with Gasteiger partial charge in [0.05, 0.1) is 0 Å². The quantitative estimate of drug-likeness (QED) is 0.389. The number of nitrogens with one attached hydrogen (secondary N) is 3. The molecule has 0 radical (unpaired) electrons. The SMILES string of the molecule is NC(=O)c1cnc(Nc2cccc3ccccc23)nc1Nc1cccc2c1CCNC2=O. The van der Waals surface area contributed by atoms with E-state index < -0.39 is 5.91 Å². The maximum atomic E-state index is 12.2. The molecule has 1 aromatic heterocycles. The summed E-state index contributed by atoms with van der Waals surface area (Å²) < 4.78 is 0. The maximum Gasteiger partial charge on any atom is 0.254 e. The van der Waals surface area contributed by atoms with Crippen LogP contribution in [0.3, 0.4) is 0 Å². The molecule has 5 rings (SSSR count). The van der Waals surface area contributed by atoms with Crippen molar-refractivity contribution in [3.63, 3.8) is 0 Å². The molecule has 4 aromatic rings. The van der Waals surface area contributed by atoms with E-state index in [0.29, 0.717) is 30.2 Å². The second-order valence-corrected chi connectivity index (χ2v) is 7.43. The van der Waals surface area contributed by atoms with Crippen LogP contribution >= 0.6 is 0 Å². The van der Waals surface area contributed by atoms with Gasteiger partial charge in [-0.15, -0.1) is 0 Å². The summed E-state index contributed by atoms with van der Waals surface area (Å²) in [5.41, 5.74) is 8.74. The number of nitrogens with two attached hydrogens (primary N) is 1. The average Bonchev–Trinajstić information content (AvgIpc) is 2.80. The highest BCUT2D eigenvalue weighted by atomic mass is 16.2.